The topological polar surface area (TPSA) is 46.8 Å². The first-order valence-electron chi connectivity index (χ1n) is 7.99. The van der Waals surface area contributed by atoms with E-state index in [1.807, 2.05) is 37.4 Å². The zero-order chi connectivity index (χ0) is 17.8. The molecule has 0 saturated heterocycles. The van der Waals surface area contributed by atoms with Crippen LogP contribution in [0.25, 0.3) is 4.96 Å². The van der Waals surface area contributed by atoms with Gasteiger partial charge in [-0.25, -0.2) is 4.98 Å². The molecule has 2 heterocycles. The molecule has 1 aromatic carbocycles. The van der Waals surface area contributed by atoms with Crippen LogP contribution in [0.3, 0.4) is 0 Å². The van der Waals surface area contributed by atoms with Crippen LogP contribution in [0, 0.1) is 6.92 Å². The third kappa shape index (κ3) is 4.67. The Morgan fingerprint density at radius 2 is 2.04 bits per heavy atom. The first kappa shape index (κ1) is 18.1. The number of hydrogen-bond donors (Lipinski definition) is 0. The SMILES string of the molecule is COCCN(Cc1ccc(Cl)cc1)Cc1cc(=O)n2cc(C)sc2n1. The fourth-order valence-corrected chi connectivity index (χ4v) is 3.63. The van der Waals surface area contributed by atoms with Crippen molar-refractivity contribution in [3.05, 3.63) is 68.0 Å². The van der Waals surface area contributed by atoms with E-state index in [0.29, 0.717) is 13.2 Å². The first-order chi connectivity index (χ1) is 12.0. The second kappa shape index (κ2) is 8.10. The second-order valence-electron chi connectivity index (χ2n) is 5.91. The molecule has 0 amide bonds. The number of aryl methyl sites for hydroxylation is 1. The van der Waals surface area contributed by atoms with E-state index in [1.54, 1.807) is 17.6 Å². The normalized spacial score (nSPS) is 11.5. The van der Waals surface area contributed by atoms with Crippen molar-refractivity contribution in [3.63, 3.8) is 0 Å². The number of benzene rings is 1. The van der Waals surface area contributed by atoms with Crippen molar-refractivity contribution in [2.24, 2.45) is 0 Å². The van der Waals surface area contributed by atoms with Gasteiger partial charge in [0.05, 0.1) is 12.3 Å². The van der Waals surface area contributed by atoms with E-state index in [1.165, 1.54) is 11.3 Å². The van der Waals surface area contributed by atoms with Crippen molar-refractivity contribution >= 4 is 27.9 Å². The number of aromatic nitrogens is 2. The summed E-state index contributed by atoms with van der Waals surface area (Å²) < 4.78 is 6.82. The van der Waals surface area contributed by atoms with Crippen LogP contribution in [0.1, 0.15) is 16.1 Å². The molecule has 0 aliphatic rings. The Balaban J connectivity index is 1.81. The molecule has 0 aliphatic carbocycles. The van der Waals surface area contributed by atoms with Crippen molar-refractivity contribution in [1.29, 1.82) is 0 Å². The molecule has 5 nitrogen and oxygen atoms in total. The second-order valence-corrected chi connectivity index (χ2v) is 7.56. The number of hydrogen-bond acceptors (Lipinski definition) is 5. The molecule has 0 radical (unpaired) electrons. The maximum absolute atomic E-state index is 12.3. The Bertz CT molecular complexity index is 905. The van der Waals surface area contributed by atoms with Gasteiger partial charge < -0.3 is 4.74 Å². The Labute approximate surface area is 155 Å². The highest BCUT2D eigenvalue weighted by molar-refractivity contribution is 7.16. The van der Waals surface area contributed by atoms with Crippen LogP contribution in [-0.2, 0) is 17.8 Å². The molecule has 0 unspecified atom stereocenters. The van der Waals surface area contributed by atoms with Gasteiger partial charge in [-0.2, -0.15) is 0 Å². The lowest BCUT2D eigenvalue weighted by Gasteiger charge is -2.21. The van der Waals surface area contributed by atoms with Crippen molar-refractivity contribution in [3.8, 4) is 0 Å². The lowest BCUT2D eigenvalue weighted by atomic mass is 10.2. The zero-order valence-electron chi connectivity index (χ0n) is 14.2. The molecule has 0 bridgehead atoms. The summed E-state index contributed by atoms with van der Waals surface area (Å²) >= 11 is 7.48. The number of ether oxygens (including phenoxy) is 1. The molecule has 25 heavy (non-hydrogen) atoms. The van der Waals surface area contributed by atoms with Crippen LogP contribution in [0.4, 0.5) is 0 Å². The summed E-state index contributed by atoms with van der Waals surface area (Å²) in [4.78, 5) is 20.9. The molecule has 0 spiro atoms. The van der Waals surface area contributed by atoms with Crippen LogP contribution in [0.15, 0.2) is 41.3 Å². The van der Waals surface area contributed by atoms with Crippen molar-refractivity contribution in [1.82, 2.24) is 14.3 Å². The van der Waals surface area contributed by atoms with Crippen LogP contribution in [-0.4, -0.2) is 34.5 Å². The lowest BCUT2D eigenvalue weighted by molar-refractivity contribution is 0.139. The van der Waals surface area contributed by atoms with E-state index < -0.39 is 0 Å². The summed E-state index contributed by atoms with van der Waals surface area (Å²) in [6.45, 7) is 4.68. The standard InChI is InChI=1S/C18H20ClN3O2S/c1-13-10-22-17(23)9-16(20-18(22)25-13)12-21(7-8-24-2)11-14-3-5-15(19)6-4-14/h3-6,9-10H,7-8,11-12H2,1-2H3. The number of fused-ring (bicyclic) bond motifs is 1. The van der Waals surface area contributed by atoms with Crippen LogP contribution in [0.2, 0.25) is 5.02 Å². The average molecular weight is 378 g/mol. The van der Waals surface area contributed by atoms with Gasteiger partial charge in [0.2, 0.25) is 0 Å². The van der Waals surface area contributed by atoms with E-state index in [4.69, 9.17) is 16.3 Å². The van der Waals surface area contributed by atoms with Crippen LogP contribution >= 0.6 is 22.9 Å². The molecule has 132 valence electrons. The van der Waals surface area contributed by atoms with Gasteiger partial charge in [-0.3, -0.25) is 14.1 Å². The number of nitrogens with zero attached hydrogens (tertiary/aromatic N) is 3. The van der Waals surface area contributed by atoms with Crippen molar-refractivity contribution < 1.29 is 4.74 Å². The first-order valence-corrected chi connectivity index (χ1v) is 9.19. The number of thiazole rings is 1. The van der Waals surface area contributed by atoms with Gasteiger partial charge in [-0.15, -0.1) is 11.3 Å². The summed E-state index contributed by atoms with van der Waals surface area (Å²) in [7, 11) is 1.69. The summed E-state index contributed by atoms with van der Waals surface area (Å²) in [5.41, 5.74) is 1.89. The minimum Gasteiger partial charge on any atom is -0.383 e. The highest BCUT2D eigenvalue weighted by Gasteiger charge is 2.11. The largest absolute Gasteiger partial charge is 0.383 e. The van der Waals surface area contributed by atoms with E-state index in [2.05, 4.69) is 9.88 Å². The number of rotatable bonds is 7. The molecule has 0 fully saturated rings. The Morgan fingerprint density at radius 3 is 2.76 bits per heavy atom. The lowest BCUT2D eigenvalue weighted by Crippen LogP contribution is -2.28. The van der Waals surface area contributed by atoms with Crippen LogP contribution in [0.5, 0.6) is 0 Å². The van der Waals surface area contributed by atoms with E-state index in [-0.39, 0.29) is 5.56 Å². The quantitative estimate of drug-likeness (QED) is 0.633. The minimum atomic E-state index is -0.0393. The van der Waals surface area contributed by atoms with Gasteiger partial charge in [-0.05, 0) is 24.6 Å². The fourth-order valence-electron chi connectivity index (χ4n) is 2.65. The predicted molar refractivity (Wildman–Crippen MR) is 102 cm³/mol. The Morgan fingerprint density at radius 1 is 1.28 bits per heavy atom. The highest BCUT2D eigenvalue weighted by Crippen LogP contribution is 2.15. The Kier molecular flexibility index (Phi) is 5.86. The molecular formula is C18H20ClN3O2S. The maximum Gasteiger partial charge on any atom is 0.258 e. The van der Waals surface area contributed by atoms with E-state index in [9.17, 15) is 4.79 Å². The van der Waals surface area contributed by atoms with Crippen molar-refractivity contribution in [2.45, 2.75) is 20.0 Å². The molecule has 0 saturated carbocycles. The smallest absolute Gasteiger partial charge is 0.258 e. The van der Waals surface area contributed by atoms with Gasteiger partial charge in [-0.1, -0.05) is 23.7 Å². The Hall–Kier alpha value is -1.73. The van der Waals surface area contributed by atoms with Gasteiger partial charge in [0.15, 0.2) is 4.96 Å². The number of methoxy groups -OCH3 is 1. The average Bonchev–Trinajstić information content (AvgIpc) is 2.95. The van der Waals surface area contributed by atoms with E-state index in [0.717, 1.165) is 39.2 Å². The minimum absolute atomic E-state index is 0.0393. The van der Waals surface area contributed by atoms with Crippen LogP contribution < -0.4 is 5.56 Å². The molecule has 3 rings (SSSR count). The van der Waals surface area contributed by atoms with Gasteiger partial charge in [0.1, 0.15) is 0 Å². The van der Waals surface area contributed by atoms with Gasteiger partial charge >= 0.3 is 0 Å². The highest BCUT2D eigenvalue weighted by atomic mass is 35.5. The molecule has 0 aliphatic heterocycles. The molecule has 2 aromatic heterocycles. The van der Waals surface area contributed by atoms with Gasteiger partial charge in [0, 0.05) is 48.9 Å². The summed E-state index contributed by atoms with van der Waals surface area (Å²) in [6.07, 6.45) is 1.83. The fraction of sp³-hybridized carbons (Fsp3) is 0.333. The summed E-state index contributed by atoms with van der Waals surface area (Å²) in [5.74, 6) is 0. The third-order valence-corrected chi connectivity index (χ3v) is 5.00. The van der Waals surface area contributed by atoms with Gasteiger partial charge in [0.25, 0.3) is 5.56 Å². The maximum atomic E-state index is 12.3. The third-order valence-electron chi connectivity index (χ3n) is 3.85. The number of halogens is 1. The summed E-state index contributed by atoms with van der Waals surface area (Å²) in [5, 5.41) is 0.723. The molecule has 0 N–H and O–H groups in total. The summed E-state index contributed by atoms with van der Waals surface area (Å²) in [6, 6.07) is 9.40. The molecule has 7 heteroatoms. The zero-order valence-corrected chi connectivity index (χ0v) is 15.8. The monoisotopic (exact) mass is 377 g/mol. The predicted octanol–water partition coefficient (Wildman–Crippen LogP) is 3.37. The molecular weight excluding hydrogens is 358 g/mol. The van der Waals surface area contributed by atoms with E-state index >= 15 is 0 Å². The molecule has 3 aromatic rings. The molecule has 0 atom stereocenters. The van der Waals surface area contributed by atoms with Crippen molar-refractivity contribution in [2.75, 3.05) is 20.3 Å².